The predicted molar refractivity (Wildman–Crippen MR) is 91.5 cm³/mol. The number of carbonyl (C=O) groups is 1. The van der Waals surface area contributed by atoms with Gasteiger partial charge in [-0.25, -0.2) is 0 Å². The van der Waals surface area contributed by atoms with Crippen molar-refractivity contribution in [1.82, 2.24) is 0 Å². The van der Waals surface area contributed by atoms with Crippen LogP contribution in [0.3, 0.4) is 0 Å². The third-order valence-corrected chi connectivity index (χ3v) is 4.59. The lowest BCUT2D eigenvalue weighted by molar-refractivity contribution is -0.116. The Hall–Kier alpha value is -1.51. The maximum atomic E-state index is 12.2. The smallest absolute Gasteiger partial charge is 0.224 e. The second kappa shape index (κ2) is 7.17. The summed E-state index contributed by atoms with van der Waals surface area (Å²) in [7, 11) is 1.64. The van der Waals surface area contributed by atoms with E-state index in [9.17, 15) is 4.79 Å². The molecule has 0 bridgehead atoms. The average molecular weight is 303 g/mol. The number of benzene rings is 1. The van der Waals surface area contributed by atoms with Crippen LogP contribution >= 0.6 is 0 Å². The van der Waals surface area contributed by atoms with Gasteiger partial charge in [-0.3, -0.25) is 4.79 Å². The molecular formula is C19H29NO2. The van der Waals surface area contributed by atoms with Crippen molar-refractivity contribution in [2.24, 2.45) is 5.92 Å². The minimum atomic E-state index is 0.0512. The summed E-state index contributed by atoms with van der Waals surface area (Å²) >= 11 is 0. The third-order valence-electron chi connectivity index (χ3n) is 4.59. The number of hydrogen-bond acceptors (Lipinski definition) is 2. The van der Waals surface area contributed by atoms with E-state index in [4.69, 9.17) is 4.74 Å². The maximum Gasteiger partial charge on any atom is 0.224 e. The van der Waals surface area contributed by atoms with Gasteiger partial charge in [0, 0.05) is 6.42 Å². The molecule has 1 aliphatic carbocycles. The molecule has 0 unspecified atom stereocenters. The van der Waals surface area contributed by atoms with Crippen molar-refractivity contribution in [2.45, 2.75) is 64.7 Å². The van der Waals surface area contributed by atoms with Gasteiger partial charge in [0.25, 0.3) is 0 Å². The summed E-state index contributed by atoms with van der Waals surface area (Å²) in [5.41, 5.74) is 2.03. The highest BCUT2D eigenvalue weighted by atomic mass is 16.5. The lowest BCUT2D eigenvalue weighted by atomic mass is 9.87. The number of rotatable bonds is 5. The summed E-state index contributed by atoms with van der Waals surface area (Å²) in [6.07, 6.45) is 6.84. The molecule has 1 saturated carbocycles. The largest absolute Gasteiger partial charge is 0.495 e. The monoisotopic (exact) mass is 303 g/mol. The van der Waals surface area contributed by atoms with Crippen molar-refractivity contribution in [3.05, 3.63) is 23.8 Å². The Labute approximate surface area is 134 Å². The van der Waals surface area contributed by atoms with Crippen LogP contribution in [0, 0.1) is 5.92 Å². The van der Waals surface area contributed by atoms with Gasteiger partial charge in [-0.1, -0.05) is 52.5 Å². The normalized spacial score (nSPS) is 15.8. The van der Waals surface area contributed by atoms with Gasteiger partial charge >= 0.3 is 0 Å². The topological polar surface area (TPSA) is 38.3 Å². The Bertz CT molecular complexity index is 511. The average Bonchev–Trinajstić information content (AvgIpc) is 2.97. The minimum absolute atomic E-state index is 0.0512. The maximum absolute atomic E-state index is 12.2. The van der Waals surface area contributed by atoms with E-state index in [1.165, 1.54) is 31.2 Å². The van der Waals surface area contributed by atoms with Crippen molar-refractivity contribution in [3.63, 3.8) is 0 Å². The van der Waals surface area contributed by atoms with Crippen LogP contribution in [0.4, 0.5) is 5.69 Å². The molecule has 22 heavy (non-hydrogen) atoms. The van der Waals surface area contributed by atoms with Crippen LogP contribution < -0.4 is 10.1 Å². The highest BCUT2D eigenvalue weighted by molar-refractivity contribution is 5.92. The van der Waals surface area contributed by atoms with Crippen LogP contribution in [0.25, 0.3) is 0 Å². The molecule has 122 valence electrons. The van der Waals surface area contributed by atoms with Crippen LogP contribution in [-0.2, 0) is 10.2 Å². The Morgan fingerprint density at radius 2 is 1.95 bits per heavy atom. The minimum Gasteiger partial charge on any atom is -0.495 e. The summed E-state index contributed by atoms with van der Waals surface area (Å²) in [5.74, 6) is 1.56. The first-order chi connectivity index (χ1) is 10.4. The van der Waals surface area contributed by atoms with E-state index in [-0.39, 0.29) is 11.3 Å². The number of amides is 1. The van der Waals surface area contributed by atoms with Gasteiger partial charge in [-0.15, -0.1) is 0 Å². The van der Waals surface area contributed by atoms with Crippen molar-refractivity contribution in [3.8, 4) is 5.75 Å². The number of nitrogens with one attached hydrogen (secondary N) is 1. The van der Waals surface area contributed by atoms with Crippen molar-refractivity contribution in [2.75, 3.05) is 12.4 Å². The molecule has 2 rings (SSSR count). The molecule has 0 aliphatic heterocycles. The van der Waals surface area contributed by atoms with E-state index >= 15 is 0 Å². The number of ether oxygens (including phenoxy) is 1. The molecule has 1 aromatic carbocycles. The first kappa shape index (κ1) is 16.9. The van der Waals surface area contributed by atoms with Crippen molar-refractivity contribution in [1.29, 1.82) is 0 Å². The summed E-state index contributed by atoms with van der Waals surface area (Å²) in [4.78, 5) is 12.2. The zero-order chi connectivity index (χ0) is 16.2. The fraction of sp³-hybridized carbons (Fsp3) is 0.632. The first-order valence-electron chi connectivity index (χ1n) is 8.38. The number of hydrogen-bond donors (Lipinski definition) is 1. The number of methoxy groups -OCH3 is 1. The van der Waals surface area contributed by atoms with Crippen LogP contribution in [0.2, 0.25) is 0 Å². The molecular weight excluding hydrogens is 274 g/mol. The van der Waals surface area contributed by atoms with Gasteiger partial charge in [0.05, 0.1) is 12.8 Å². The molecule has 1 N–H and O–H groups in total. The third kappa shape index (κ3) is 4.49. The fourth-order valence-electron chi connectivity index (χ4n) is 3.12. The second-order valence-corrected chi connectivity index (χ2v) is 7.40. The van der Waals surface area contributed by atoms with Gasteiger partial charge in [-0.05, 0) is 35.4 Å². The standard InChI is InChI=1S/C19H29NO2/c1-19(2,3)15-10-11-17(22-4)16(13-15)20-18(21)12-9-14-7-5-6-8-14/h10-11,13-14H,5-9,12H2,1-4H3,(H,20,21). The second-order valence-electron chi connectivity index (χ2n) is 7.40. The quantitative estimate of drug-likeness (QED) is 0.840. The highest BCUT2D eigenvalue weighted by Crippen LogP contribution is 2.32. The van der Waals surface area contributed by atoms with Crippen molar-refractivity contribution < 1.29 is 9.53 Å². The van der Waals surface area contributed by atoms with Crippen LogP contribution in [0.5, 0.6) is 5.75 Å². The molecule has 1 amide bonds. The zero-order valence-electron chi connectivity index (χ0n) is 14.4. The molecule has 1 fully saturated rings. The van der Waals surface area contributed by atoms with Crippen LogP contribution in [-0.4, -0.2) is 13.0 Å². The van der Waals surface area contributed by atoms with E-state index in [2.05, 4.69) is 32.2 Å². The number of carbonyl (C=O) groups excluding carboxylic acids is 1. The SMILES string of the molecule is COc1ccc(C(C)(C)C)cc1NC(=O)CCC1CCCC1. The molecule has 1 aliphatic rings. The van der Waals surface area contributed by atoms with Crippen LogP contribution in [0.1, 0.15) is 64.9 Å². The summed E-state index contributed by atoms with van der Waals surface area (Å²) in [6, 6.07) is 6.03. The summed E-state index contributed by atoms with van der Waals surface area (Å²) < 4.78 is 5.38. The van der Waals surface area contributed by atoms with Gasteiger partial charge in [0.15, 0.2) is 0 Å². The van der Waals surface area contributed by atoms with Crippen LogP contribution in [0.15, 0.2) is 18.2 Å². The summed E-state index contributed by atoms with van der Waals surface area (Å²) in [5, 5.41) is 3.03. The molecule has 3 nitrogen and oxygen atoms in total. The number of anilines is 1. The molecule has 0 heterocycles. The lowest BCUT2D eigenvalue weighted by Gasteiger charge is -2.21. The molecule has 0 atom stereocenters. The summed E-state index contributed by atoms with van der Waals surface area (Å²) in [6.45, 7) is 6.50. The predicted octanol–water partition coefficient (Wildman–Crippen LogP) is 4.90. The Morgan fingerprint density at radius 1 is 1.27 bits per heavy atom. The van der Waals surface area contributed by atoms with Gasteiger partial charge in [0.2, 0.25) is 5.91 Å². The zero-order valence-corrected chi connectivity index (χ0v) is 14.4. The Morgan fingerprint density at radius 3 is 2.55 bits per heavy atom. The molecule has 3 heteroatoms. The van der Waals surface area contributed by atoms with E-state index < -0.39 is 0 Å². The lowest BCUT2D eigenvalue weighted by Crippen LogP contribution is -2.16. The highest BCUT2D eigenvalue weighted by Gasteiger charge is 2.19. The van der Waals surface area contributed by atoms with E-state index in [1.54, 1.807) is 7.11 Å². The van der Waals surface area contributed by atoms with Gasteiger partial charge in [0.1, 0.15) is 5.75 Å². The molecule has 0 saturated heterocycles. The van der Waals surface area contributed by atoms with E-state index in [1.807, 2.05) is 12.1 Å². The molecule has 0 radical (unpaired) electrons. The fourth-order valence-corrected chi connectivity index (χ4v) is 3.12. The van der Waals surface area contributed by atoms with Gasteiger partial charge in [-0.2, -0.15) is 0 Å². The first-order valence-corrected chi connectivity index (χ1v) is 8.38. The van der Waals surface area contributed by atoms with Crippen molar-refractivity contribution >= 4 is 11.6 Å². The Balaban J connectivity index is 2.01. The van der Waals surface area contributed by atoms with E-state index in [0.29, 0.717) is 6.42 Å². The molecule has 0 aromatic heterocycles. The Kier molecular flexibility index (Phi) is 5.49. The van der Waals surface area contributed by atoms with Gasteiger partial charge < -0.3 is 10.1 Å². The molecule has 1 aromatic rings. The van der Waals surface area contributed by atoms with E-state index in [0.717, 1.165) is 23.8 Å². The molecule has 0 spiro atoms.